The Morgan fingerprint density at radius 2 is 1.93 bits per heavy atom. The van der Waals surface area contributed by atoms with Gasteiger partial charge in [0.25, 0.3) is 0 Å². The van der Waals surface area contributed by atoms with Crippen LogP contribution in [0.25, 0.3) is 5.65 Å². The van der Waals surface area contributed by atoms with Gasteiger partial charge in [-0.1, -0.05) is 32.8 Å². The smallest absolute Gasteiger partial charge is 0.155 e. The summed E-state index contributed by atoms with van der Waals surface area (Å²) >= 11 is 0. The van der Waals surface area contributed by atoms with E-state index in [-0.39, 0.29) is 0 Å². The van der Waals surface area contributed by atoms with Crippen molar-refractivity contribution in [3.63, 3.8) is 0 Å². The van der Waals surface area contributed by atoms with E-state index in [9.17, 15) is 0 Å². The summed E-state index contributed by atoms with van der Waals surface area (Å²) in [5.74, 6) is 0. The number of hydrogen-bond acceptors (Lipinski definition) is 2. The average molecular weight is 191 g/mol. The van der Waals surface area contributed by atoms with E-state index in [1.165, 1.54) is 12.8 Å². The Labute approximate surface area is 84.8 Å². The molecule has 0 radical (unpaired) electrons. The predicted molar refractivity (Wildman–Crippen MR) is 58.3 cm³/mol. The minimum atomic E-state index is 0.903. The number of rotatable bonds is 1. The van der Waals surface area contributed by atoms with Crippen molar-refractivity contribution in [3.8, 4) is 0 Å². The van der Waals surface area contributed by atoms with Gasteiger partial charge in [-0.2, -0.15) is 5.10 Å². The largest absolute Gasteiger partial charge is 0.218 e. The van der Waals surface area contributed by atoms with Gasteiger partial charge in [0, 0.05) is 5.69 Å². The molecule has 2 aromatic rings. The Hall–Kier alpha value is -1.38. The molecule has 0 fully saturated rings. The van der Waals surface area contributed by atoms with Crippen molar-refractivity contribution >= 4 is 5.65 Å². The number of pyridine rings is 1. The first-order chi connectivity index (χ1) is 6.79. The van der Waals surface area contributed by atoms with Crippen LogP contribution in [0.3, 0.4) is 0 Å². The zero-order chi connectivity index (χ0) is 10.4. The van der Waals surface area contributed by atoms with Crippen LogP contribution >= 0.6 is 0 Å². The second-order valence-electron chi connectivity index (χ2n) is 3.20. The van der Waals surface area contributed by atoms with Gasteiger partial charge in [-0.15, -0.1) is 0 Å². The number of aryl methyl sites for hydroxylation is 1. The van der Waals surface area contributed by atoms with Crippen molar-refractivity contribution in [1.29, 1.82) is 0 Å². The predicted octanol–water partition coefficient (Wildman–Crippen LogP) is 2.84. The van der Waals surface area contributed by atoms with Gasteiger partial charge in [-0.25, -0.2) is 9.50 Å². The van der Waals surface area contributed by atoms with Crippen LogP contribution in [0.5, 0.6) is 0 Å². The van der Waals surface area contributed by atoms with Gasteiger partial charge < -0.3 is 0 Å². The maximum Gasteiger partial charge on any atom is 0.155 e. The molecule has 3 heteroatoms. The van der Waals surface area contributed by atoms with Crippen molar-refractivity contribution in [1.82, 2.24) is 14.6 Å². The molecule has 76 valence electrons. The monoisotopic (exact) mass is 191 g/mol. The maximum absolute atomic E-state index is 4.03. The topological polar surface area (TPSA) is 30.2 Å². The Morgan fingerprint density at radius 3 is 2.50 bits per heavy atom. The molecule has 0 spiro atoms. The lowest BCUT2D eigenvalue weighted by Crippen LogP contribution is -1.90. The van der Waals surface area contributed by atoms with Crippen LogP contribution in [0.4, 0.5) is 0 Å². The molecule has 0 aliphatic carbocycles. The third kappa shape index (κ3) is 2.55. The van der Waals surface area contributed by atoms with Crippen molar-refractivity contribution in [2.45, 2.75) is 33.6 Å². The van der Waals surface area contributed by atoms with Crippen molar-refractivity contribution in [3.05, 3.63) is 30.2 Å². The molecule has 2 rings (SSSR count). The molecule has 2 heterocycles. The number of hydrogen-bond donors (Lipinski definition) is 0. The lowest BCUT2D eigenvalue weighted by Gasteiger charge is -1.93. The molecule has 0 aliphatic rings. The van der Waals surface area contributed by atoms with Gasteiger partial charge in [0.1, 0.15) is 6.33 Å². The quantitative estimate of drug-likeness (QED) is 0.693. The normalized spacial score (nSPS) is 9.64. The van der Waals surface area contributed by atoms with E-state index in [1.807, 2.05) is 25.1 Å². The summed E-state index contributed by atoms with van der Waals surface area (Å²) in [7, 11) is 0. The average Bonchev–Trinajstić information content (AvgIpc) is 2.68. The molecule has 0 N–H and O–H groups in total. The third-order valence-corrected chi connectivity index (χ3v) is 1.99. The molecule has 0 amide bonds. The number of nitrogens with zero attached hydrogens (tertiary/aromatic N) is 3. The summed E-state index contributed by atoms with van der Waals surface area (Å²) in [5.41, 5.74) is 2.01. The standard InChI is InChI=1S/C7H7N3.C4H10/c1-6-3-2-4-7-8-5-9-10(6)7;1-3-4-2/h2-5H,1H3;3-4H2,1-2H3. The SMILES string of the molecule is CCCC.Cc1cccc2ncnn12. The van der Waals surface area contributed by atoms with Gasteiger partial charge in [-0.05, 0) is 19.1 Å². The second-order valence-corrected chi connectivity index (χ2v) is 3.20. The first-order valence-electron chi connectivity index (χ1n) is 5.05. The molecule has 0 aliphatic heterocycles. The van der Waals surface area contributed by atoms with Gasteiger partial charge in [-0.3, -0.25) is 0 Å². The minimum Gasteiger partial charge on any atom is -0.218 e. The first-order valence-corrected chi connectivity index (χ1v) is 5.05. The maximum atomic E-state index is 4.03. The first kappa shape index (κ1) is 10.7. The molecule has 2 aromatic heterocycles. The van der Waals surface area contributed by atoms with Crippen molar-refractivity contribution in [2.24, 2.45) is 0 Å². The van der Waals surface area contributed by atoms with Crippen LogP contribution in [-0.4, -0.2) is 14.6 Å². The van der Waals surface area contributed by atoms with Crippen molar-refractivity contribution < 1.29 is 0 Å². The number of unbranched alkanes of at least 4 members (excludes halogenated alkanes) is 1. The summed E-state index contributed by atoms with van der Waals surface area (Å²) < 4.78 is 1.81. The Balaban J connectivity index is 0.000000213. The molecule has 0 bridgehead atoms. The Bertz CT molecular complexity index is 377. The fraction of sp³-hybridized carbons (Fsp3) is 0.455. The van der Waals surface area contributed by atoms with Crippen molar-refractivity contribution in [2.75, 3.05) is 0 Å². The molecule has 14 heavy (non-hydrogen) atoms. The zero-order valence-electron chi connectivity index (χ0n) is 9.07. The van der Waals surface area contributed by atoms with E-state index in [4.69, 9.17) is 0 Å². The minimum absolute atomic E-state index is 0.903. The molecule has 0 aromatic carbocycles. The Morgan fingerprint density at radius 1 is 1.21 bits per heavy atom. The van der Waals surface area contributed by atoms with Crippen LogP contribution in [0.1, 0.15) is 32.4 Å². The highest BCUT2D eigenvalue weighted by molar-refractivity contribution is 5.36. The fourth-order valence-electron chi connectivity index (χ4n) is 0.980. The van der Waals surface area contributed by atoms with Crippen LogP contribution < -0.4 is 0 Å². The van der Waals surface area contributed by atoms with Crippen LogP contribution in [0.15, 0.2) is 24.5 Å². The summed E-state index contributed by atoms with van der Waals surface area (Å²) in [6.07, 6.45) is 4.20. The highest BCUT2D eigenvalue weighted by atomic mass is 15.3. The zero-order valence-corrected chi connectivity index (χ0v) is 9.07. The second kappa shape index (κ2) is 5.37. The molecule has 0 saturated carbocycles. The van der Waals surface area contributed by atoms with E-state index in [2.05, 4.69) is 23.9 Å². The summed E-state index contributed by atoms with van der Waals surface area (Å²) in [6.45, 7) is 6.36. The lowest BCUT2D eigenvalue weighted by atomic mass is 10.4. The van der Waals surface area contributed by atoms with E-state index in [1.54, 1.807) is 10.8 Å². The third-order valence-electron chi connectivity index (χ3n) is 1.99. The van der Waals surface area contributed by atoms with E-state index >= 15 is 0 Å². The molecular weight excluding hydrogens is 174 g/mol. The van der Waals surface area contributed by atoms with Gasteiger partial charge >= 0.3 is 0 Å². The lowest BCUT2D eigenvalue weighted by molar-refractivity contribution is 0.886. The van der Waals surface area contributed by atoms with E-state index in [0.29, 0.717) is 0 Å². The van der Waals surface area contributed by atoms with Crippen LogP contribution in [-0.2, 0) is 0 Å². The number of aromatic nitrogens is 3. The van der Waals surface area contributed by atoms with E-state index in [0.717, 1.165) is 11.3 Å². The molecule has 0 atom stereocenters. The highest BCUT2D eigenvalue weighted by Crippen LogP contribution is 2.00. The summed E-state index contributed by atoms with van der Waals surface area (Å²) in [4.78, 5) is 4.03. The number of fused-ring (bicyclic) bond motifs is 1. The highest BCUT2D eigenvalue weighted by Gasteiger charge is 1.93. The van der Waals surface area contributed by atoms with Crippen LogP contribution in [0, 0.1) is 6.92 Å². The molecule has 3 nitrogen and oxygen atoms in total. The van der Waals surface area contributed by atoms with Gasteiger partial charge in [0.05, 0.1) is 0 Å². The Kier molecular flexibility index (Phi) is 4.11. The van der Waals surface area contributed by atoms with Crippen LogP contribution in [0.2, 0.25) is 0 Å². The molecule has 0 saturated heterocycles. The van der Waals surface area contributed by atoms with E-state index < -0.39 is 0 Å². The molecular formula is C11H17N3. The molecule has 0 unspecified atom stereocenters. The van der Waals surface area contributed by atoms with Gasteiger partial charge in [0.15, 0.2) is 5.65 Å². The fourth-order valence-corrected chi connectivity index (χ4v) is 0.980. The summed E-state index contributed by atoms with van der Waals surface area (Å²) in [5, 5.41) is 4.02. The summed E-state index contributed by atoms with van der Waals surface area (Å²) in [6, 6.07) is 5.90. The van der Waals surface area contributed by atoms with Gasteiger partial charge in [0.2, 0.25) is 0 Å².